The number of aromatic carboxylic acids is 1. The maximum absolute atomic E-state index is 10.9. The van der Waals surface area contributed by atoms with E-state index in [1.54, 1.807) is 0 Å². The fourth-order valence-electron chi connectivity index (χ4n) is 1.50. The monoisotopic (exact) mass is 239 g/mol. The number of hydrogen-bond donors (Lipinski definition) is 2. The molecule has 0 saturated carbocycles. The zero-order valence-electron chi connectivity index (χ0n) is 9.13. The largest absolute Gasteiger partial charge is 0.478 e. The predicted octanol–water partition coefficient (Wildman–Crippen LogP) is 0.00210. The normalized spacial score (nSPS) is 19.9. The van der Waals surface area contributed by atoms with Gasteiger partial charge >= 0.3 is 5.97 Å². The summed E-state index contributed by atoms with van der Waals surface area (Å²) in [6.07, 6.45) is 1.25. The second kappa shape index (κ2) is 5.55. The van der Waals surface area contributed by atoms with Crippen LogP contribution in [0.2, 0.25) is 0 Å². The smallest absolute Gasteiger partial charge is 0.339 e. The minimum Gasteiger partial charge on any atom is -0.478 e. The Balaban J connectivity index is 1.96. The summed E-state index contributed by atoms with van der Waals surface area (Å²) < 4.78 is 10.6. The molecule has 1 aliphatic rings. The molecule has 92 valence electrons. The molecule has 0 radical (unpaired) electrons. The van der Waals surface area contributed by atoms with Gasteiger partial charge in [-0.25, -0.2) is 4.79 Å². The quantitative estimate of drug-likeness (QED) is 0.763. The summed E-state index contributed by atoms with van der Waals surface area (Å²) in [5.41, 5.74) is 0.0942. The topological polar surface area (TPSA) is 93.6 Å². The number of aromatic nitrogens is 2. The second-order valence-corrected chi connectivity index (χ2v) is 3.55. The molecule has 1 aromatic heterocycles. The van der Waals surface area contributed by atoms with Gasteiger partial charge in [0.1, 0.15) is 5.56 Å². The lowest BCUT2D eigenvalue weighted by atomic mass is 10.2. The van der Waals surface area contributed by atoms with Crippen LogP contribution in [0, 0.1) is 0 Å². The van der Waals surface area contributed by atoms with E-state index in [9.17, 15) is 4.79 Å². The molecule has 1 atom stereocenters. The van der Waals surface area contributed by atoms with E-state index in [4.69, 9.17) is 14.6 Å². The van der Waals surface area contributed by atoms with Crippen molar-refractivity contribution in [1.82, 2.24) is 10.2 Å². The van der Waals surface area contributed by atoms with Gasteiger partial charge in [0.05, 0.1) is 32.1 Å². The average Bonchev–Trinajstić information content (AvgIpc) is 2.38. The molecule has 2 rings (SSSR count). The summed E-state index contributed by atoms with van der Waals surface area (Å²) in [6, 6.07) is 1.40. The number of carbonyl (C=O) groups is 1. The lowest BCUT2D eigenvalue weighted by molar-refractivity contribution is -0.0819. The highest BCUT2D eigenvalue weighted by Gasteiger charge is 2.16. The summed E-state index contributed by atoms with van der Waals surface area (Å²) in [5.74, 6) is -0.794. The lowest BCUT2D eigenvalue weighted by Crippen LogP contribution is -2.34. The minimum absolute atomic E-state index is 0.0904. The molecule has 0 spiro atoms. The van der Waals surface area contributed by atoms with E-state index in [-0.39, 0.29) is 17.5 Å². The molecule has 1 fully saturated rings. The maximum Gasteiger partial charge on any atom is 0.339 e. The van der Waals surface area contributed by atoms with Crippen molar-refractivity contribution in [3.63, 3.8) is 0 Å². The predicted molar refractivity (Wildman–Crippen MR) is 58.0 cm³/mol. The van der Waals surface area contributed by atoms with E-state index in [1.165, 1.54) is 12.3 Å². The Morgan fingerprint density at radius 2 is 2.47 bits per heavy atom. The number of nitrogens with one attached hydrogen (secondary N) is 1. The minimum atomic E-state index is -1.04. The van der Waals surface area contributed by atoms with E-state index in [2.05, 4.69) is 15.5 Å². The molecule has 2 heterocycles. The van der Waals surface area contributed by atoms with Gasteiger partial charge in [-0.2, -0.15) is 5.10 Å². The zero-order chi connectivity index (χ0) is 12.1. The Labute approximate surface area is 97.8 Å². The summed E-state index contributed by atoms with van der Waals surface area (Å²) in [5, 5.41) is 19.2. The molecule has 0 aromatic carbocycles. The van der Waals surface area contributed by atoms with Crippen LogP contribution in [0.4, 0.5) is 5.82 Å². The molecule has 0 aliphatic carbocycles. The van der Waals surface area contributed by atoms with Gasteiger partial charge in [0.2, 0.25) is 0 Å². The van der Waals surface area contributed by atoms with Gasteiger partial charge in [-0.3, -0.25) is 0 Å². The van der Waals surface area contributed by atoms with Crippen molar-refractivity contribution in [2.45, 2.75) is 6.10 Å². The molecular formula is C10H13N3O4. The van der Waals surface area contributed by atoms with Crippen molar-refractivity contribution in [3.8, 4) is 0 Å². The number of carboxylic acids is 1. The van der Waals surface area contributed by atoms with Gasteiger partial charge < -0.3 is 19.9 Å². The fraction of sp³-hybridized carbons (Fsp3) is 0.500. The lowest BCUT2D eigenvalue weighted by Gasteiger charge is -2.23. The third-order valence-electron chi connectivity index (χ3n) is 2.33. The van der Waals surface area contributed by atoms with Crippen LogP contribution in [0.1, 0.15) is 10.4 Å². The molecule has 1 unspecified atom stereocenters. The van der Waals surface area contributed by atoms with Crippen LogP contribution >= 0.6 is 0 Å². The zero-order valence-corrected chi connectivity index (χ0v) is 9.13. The Hall–Kier alpha value is -1.73. The Bertz CT molecular complexity index is 393. The third kappa shape index (κ3) is 3.11. The fourth-order valence-corrected chi connectivity index (χ4v) is 1.50. The Kier molecular flexibility index (Phi) is 3.84. The van der Waals surface area contributed by atoms with Gasteiger partial charge in [-0.1, -0.05) is 0 Å². The van der Waals surface area contributed by atoms with Crippen molar-refractivity contribution in [2.75, 3.05) is 31.7 Å². The average molecular weight is 239 g/mol. The number of nitrogens with zero attached hydrogens (tertiary/aromatic N) is 2. The number of carboxylic acid groups (broad SMARTS) is 1. The van der Waals surface area contributed by atoms with Crippen LogP contribution in [-0.2, 0) is 9.47 Å². The van der Waals surface area contributed by atoms with Crippen LogP contribution < -0.4 is 5.32 Å². The molecule has 1 aromatic rings. The first-order valence-electron chi connectivity index (χ1n) is 5.25. The van der Waals surface area contributed by atoms with Crippen LogP contribution in [-0.4, -0.2) is 53.7 Å². The van der Waals surface area contributed by atoms with Crippen molar-refractivity contribution >= 4 is 11.8 Å². The molecular weight excluding hydrogens is 226 g/mol. The molecule has 1 saturated heterocycles. The second-order valence-electron chi connectivity index (χ2n) is 3.55. The van der Waals surface area contributed by atoms with Crippen LogP contribution in [0.3, 0.4) is 0 Å². The number of rotatable bonds is 4. The van der Waals surface area contributed by atoms with E-state index in [1.807, 2.05) is 0 Å². The first-order valence-corrected chi connectivity index (χ1v) is 5.25. The van der Waals surface area contributed by atoms with E-state index < -0.39 is 5.97 Å². The summed E-state index contributed by atoms with van der Waals surface area (Å²) in [7, 11) is 0. The summed E-state index contributed by atoms with van der Waals surface area (Å²) in [4.78, 5) is 10.9. The summed E-state index contributed by atoms with van der Waals surface area (Å²) >= 11 is 0. The molecule has 2 N–H and O–H groups in total. The van der Waals surface area contributed by atoms with E-state index >= 15 is 0 Å². The standard InChI is InChI=1S/C10H13N3O4/c14-10(15)8-1-2-12-13-9(8)11-5-7-6-16-3-4-17-7/h1-2,7H,3-6H2,(H,11,13)(H,14,15). The molecule has 0 bridgehead atoms. The summed E-state index contributed by atoms with van der Waals surface area (Å²) in [6.45, 7) is 2.09. The molecule has 0 amide bonds. The van der Waals surface area contributed by atoms with Gasteiger partial charge in [-0.15, -0.1) is 5.10 Å². The highest BCUT2D eigenvalue weighted by molar-refractivity contribution is 5.92. The number of ether oxygens (including phenoxy) is 2. The molecule has 17 heavy (non-hydrogen) atoms. The van der Waals surface area contributed by atoms with E-state index in [0.29, 0.717) is 26.4 Å². The SMILES string of the molecule is O=C(O)c1ccnnc1NCC1COCCO1. The van der Waals surface area contributed by atoms with E-state index in [0.717, 1.165) is 0 Å². The Morgan fingerprint density at radius 1 is 1.59 bits per heavy atom. The number of anilines is 1. The third-order valence-corrected chi connectivity index (χ3v) is 2.33. The molecule has 1 aliphatic heterocycles. The highest BCUT2D eigenvalue weighted by Crippen LogP contribution is 2.10. The van der Waals surface area contributed by atoms with Crippen LogP contribution in [0.5, 0.6) is 0 Å². The Morgan fingerprint density at radius 3 is 3.18 bits per heavy atom. The maximum atomic E-state index is 10.9. The van der Waals surface area contributed by atoms with Crippen molar-refractivity contribution in [3.05, 3.63) is 17.8 Å². The van der Waals surface area contributed by atoms with Gasteiger partial charge in [0.15, 0.2) is 5.82 Å². The van der Waals surface area contributed by atoms with Crippen LogP contribution in [0.25, 0.3) is 0 Å². The highest BCUT2D eigenvalue weighted by atomic mass is 16.6. The first-order chi connectivity index (χ1) is 8.27. The molecule has 7 heteroatoms. The van der Waals surface area contributed by atoms with Crippen molar-refractivity contribution < 1.29 is 19.4 Å². The number of hydrogen-bond acceptors (Lipinski definition) is 6. The van der Waals surface area contributed by atoms with Gasteiger partial charge in [0.25, 0.3) is 0 Å². The van der Waals surface area contributed by atoms with Crippen molar-refractivity contribution in [1.29, 1.82) is 0 Å². The van der Waals surface area contributed by atoms with Crippen molar-refractivity contribution in [2.24, 2.45) is 0 Å². The molecule has 7 nitrogen and oxygen atoms in total. The van der Waals surface area contributed by atoms with Gasteiger partial charge in [0, 0.05) is 6.54 Å². The van der Waals surface area contributed by atoms with Crippen LogP contribution in [0.15, 0.2) is 12.3 Å². The first kappa shape index (κ1) is 11.7. The van der Waals surface area contributed by atoms with Gasteiger partial charge in [-0.05, 0) is 6.07 Å².